The number of likely N-dealkylation sites (tertiary alicyclic amines) is 1. The number of halogens is 1. The Bertz CT molecular complexity index is 1150. The second-order valence-electron chi connectivity index (χ2n) is 8.37. The number of carbonyl (C=O) groups excluding carboxylic acids is 2. The highest BCUT2D eigenvalue weighted by molar-refractivity contribution is 7.19. The Morgan fingerprint density at radius 3 is 2.68 bits per heavy atom. The molecule has 10 nitrogen and oxygen atoms in total. The van der Waals surface area contributed by atoms with Crippen molar-refractivity contribution in [3.8, 4) is 10.6 Å². The first-order chi connectivity index (χ1) is 16.3. The van der Waals surface area contributed by atoms with Crippen LogP contribution in [0.25, 0.3) is 10.6 Å². The molecule has 4 rings (SSSR count). The van der Waals surface area contributed by atoms with E-state index in [9.17, 15) is 9.59 Å². The maximum Gasteiger partial charge on any atom is 0.295 e. The van der Waals surface area contributed by atoms with E-state index >= 15 is 0 Å². The molecule has 182 valence electrons. The Morgan fingerprint density at radius 1 is 1.26 bits per heavy atom. The lowest BCUT2D eigenvalue weighted by Gasteiger charge is -2.34. The first-order valence-corrected chi connectivity index (χ1v) is 12.2. The summed E-state index contributed by atoms with van der Waals surface area (Å²) in [4.78, 5) is 33.4. The van der Waals surface area contributed by atoms with E-state index in [1.165, 1.54) is 29.2 Å². The monoisotopic (exact) mass is 506 g/mol. The third-order valence-corrected chi connectivity index (χ3v) is 6.97. The summed E-state index contributed by atoms with van der Waals surface area (Å²) in [5, 5.41) is 11.5. The first-order valence-electron chi connectivity index (χ1n) is 11.0. The van der Waals surface area contributed by atoms with Gasteiger partial charge in [-0.05, 0) is 38.8 Å². The van der Waals surface area contributed by atoms with Gasteiger partial charge in [-0.25, -0.2) is 5.48 Å². The number of thiophene rings is 1. The number of aromatic nitrogens is 3. The van der Waals surface area contributed by atoms with Crippen LogP contribution in [-0.2, 0) is 11.4 Å². The van der Waals surface area contributed by atoms with Gasteiger partial charge in [-0.15, -0.1) is 11.3 Å². The predicted molar refractivity (Wildman–Crippen MR) is 128 cm³/mol. The molecular weight excluding hydrogens is 480 g/mol. The molecule has 4 heterocycles. The number of rotatable bonds is 8. The largest absolute Gasteiger partial charge is 0.355 e. The zero-order chi connectivity index (χ0) is 24.2. The molecule has 34 heavy (non-hydrogen) atoms. The summed E-state index contributed by atoms with van der Waals surface area (Å²) < 4.78 is 7.53. The highest BCUT2D eigenvalue weighted by Crippen LogP contribution is 2.31. The van der Waals surface area contributed by atoms with Crippen LogP contribution in [0.1, 0.15) is 53.4 Å². The molecule has 3 aromatic heterocycles. The van der Waals surface area contributed by atoms with Gasteiger partial charge >= 0.3 is 0 Å². The maximum absolute atomic E-state index is 13.2. The molecule has 12 heteroatoms. The molecule has 0 unspecified atom stereocenters. The first kappa shape index (κ1) is 24.4. The van der Waals surface area contributed by atoms with Crippen LogP contribution in [0.3, 0.4) is 0 Å². The predicted octanol–water partition coefficient (Wildman–Crippen LogP) is 3.20. The lowest BCUT2D eigenvalue weighted by molar-refractivity contribution is 0.0531. The van der Waals surface area contributed by atoms with Crippen molar-refractivity contribution in [1.29, 1.82) is 0 Å². The minimum Gasteiger partial charge on any atom is -0.355 e. The summed E-state index contributed by atoms with van der Waals surface area (Å²) in [6.45, 7) is 6.35. The van der Waals surface area contributed by atoms with Crippen molar-refractivity contribution in [2.45, 2.75) is 45.3 Å². The molecule has 1 fully saturated rings. The van der Waals surface area contributed by atoms with E-state index in [2.05, 4.69) is 39.8 Å². The number of hydrogen-bond acceptors (Lipinski definition) is 8. The van der Waals surface area contributed by atoms with Crippen LogP contribution in [0, 0.1) is 0 Å². The summed E-state index contributed by atoms with van der Waals surface area (Å²) >= 11 is 7.39. The van der Waals surface area contributed by atoms with Crippen molar-refractivity contribution in [3.05, 3.63) is 45.7 Å². The number of hydrogen-bond donors (Lipinski definition) is 2. The van der Waals surface area contributed by atoms with E-state index in [0.29, 0.717) is 21.8 Å². The van der Waals surface area contributed by atoms with Gasteiger partial charge in [0.05, 0.1) is 22.9 Å². The number of nitrogens with one attached hydrogen (secondary N) is 2. The highest BCUT2D eigenvalue weighted by Gasteiger charge is 2.26. The fourth-order valence-corrected chi connectivity index (χ4v) is 4.89. The minimum atomic E-state index is -0.547. The van der Waals surface area contributed by atoms with Crippen molar-refractivity contribution in [2.75, 3.05) is 20.2 Å². The molecule has 0 radical (unpaired) electrons. The van der Waals surface area contributed by atoms with Gasteiger partial charge in [0.1, 0.15) is 11.4 Å². The zero-order valence-corrected chi connectivity index (χ0v) is 20.8. The highest BCUT2D eigenvalue weighted by atomic mass is 35.5. The fraction of sp³-hybridized carbons (Fsp3) is 0.455. The summed E-state index contributed by atoms with van der Waals surface area (Å²) in [6.07, 6.45) is 1.73. The Balaban J connectivity index is 1.51. The topological polar surface area (TPSA) is 115 Å². The van der Waals surface area contributed by atoms with Crippen LogP contribution in [0.5, 0.6) is 0 Å². The van der Waals surface area contributed by atoms with Gasteiger partial charge < -0.3 is 14.7 Å². The lowest BCUT2D eigenvalue weighted by atomic mass is 10.0. The third-order valence-electron chi connectivity index (χ3n) is 5.72. The number of hydroxylamine groups is 1. The van der Waals surface area contributed by atoms with Gasteiger partial charge in [-0.2, -0.15) is 5.10 Å². The molecule has 0 aliphatic carbocycles. The molecule has 2 N–H and O–H groups in total. The Labute approximate surface area is 206 Å². The molecular formula is C22H27ClN6O4S. The van der Waals surface area contributed by atoms with Crippen LogP contribution < -0.4 is 10.8 Å². The Hall–Kier alpha value is -2.73. The quantitative estimate of drug-likeness (QED) is 0.451. The van der Waals surface area contributed by atoms with Crippen molar-refractivity contribution in [1.82, 2.24) is 30.6 Å². The number of nitrogens with zero attached hydrogens (tertiary/aromatic N) is 4. The van der Waals surface area contributed by atoms with Gasteiger partial charge in [0.25, 0.3) is 11.8 Å². The zero-order valence-electron chi connectivity index (χ0n) is 19.2. The second kappa shape index (κ2) is 10.7. The van der Waals surface area contributed by atoms with Crippen molar-refractivity contribution < 1.29 is 18.9 Å². The third kappa shape index (κ3) is 5.66. The molecule has 0 atom stereocenters. The van der Waals surface area contributed by atoms with E-state index in [0.717, 1.165) is 30.8 Å². The van der Waals surface area contributed by atoms with Gasteiger partial charge in [0.2, 0.25) is 0 Å². The molecule has 0 saturated carbocycles. The lowest BCUT2D eigenvalue weighted by Crippen LogP contribution is -2.46. The standard InChI is InChI=1S/C22H27ClN6O4S/c1-13(2)28-8-6-14(7-9-28)24-22(31)17-11-16(21(30)27-32-3)25-29(17)12-15-10-18(33-26-15)19-4-5-20(23)34-19/h4-5,10-11,13-14H,6-9,12H2,1-3H3,(H,24,31)(H,27,30). The molecule has 0 bridgehead atoms. The summed E-state index contributed by atoms with van der Waals surface area (Å²) in [5.74, 6) is -0.269. The summed E-state index contributed by atoms with van der Waals surface area (Å²) in [5.41, 5.74) is 3.11. The van der Waals surface area contributed by atoms with Crippen LogP contribution in [0.2, 0.25) is 4.34 Å². The van der Waals surface area contributed by atoms with Gasteiger partial charge in [0.15, 0.2) is 11.5 Å². The van der Waals surface area contributed by atoms with Crippen LogP contribution in [-0.4, -0.2) is 63.9 Å². The van der Waals surface area contributed by atoms with E-state index in [-0.39, 0.29) is 29.9 Å². The molecule has 3 aromatic rings. The van der Waals surface area contributed by atoms with Crippen LogP contribution in [0.4, 0.5) is 0 Å². The summed E-state index contributed by atoms with van der Waals surface area (Å²) in [6, 6.07) is 7.39. The molecule has 1 aliphatic heterocycles. The van der Waals surface area contributed by atoms with E-state index in [4.69, 9.17) is 21.0 Å². The minimum absolute atomic E-state index is 0.0596. The Kier molecular flexibility index (Phi) is 7.67. The van der Waals surface area contributed by atoms with E-state index < -0.39 is 5.91 Å². The summed E-state index contributed by atoms with van der Waals surface area (Å²) in [7, 11) is 1.33. The van der Waals surface area contributed by atoms with E-state index in [1.54, 1.807) is 12.1 Å². The average molecular weight is 507 g/mol. The number of piperidine rings is 1. The van der Waals surface area contributed by atoms with Crippen LogP contribution >= 0.6 is 22.9 Å². The smallest absolute Gasteiger partial charge is 0.295 e. The number of amides is 2. The SMILES string of the molecule is CONC(=O)c1cc(C(=O)NC2CCN(C(C)C)CC2)n(Cc2cc(-c3ccc(Cl)s3)on2)n1. The average Bonchev–Trinajstić information content (AvgIpc) is 3.54. The molecule has 0 aromatic carbocycles. The second-order valence-corrected chi connectivity index (χ2v) is 10.1. The molecule has 1 saturated heterocycles. The van der Waals surface area contributed by atoms with Gasteiger partial charge in [-0.1, -0.05) is 16.8 Å². The maximum atomic E-state index is 13.2. The fourth-order valence-electron chi connectivity index (χ4n) is 3.90. The van der Waals surface area contributed by atoms with Crippen molar-refractivity contribution in [3.63, 3.8) is 0 Å². The van der Waals surface area contributed by atoms with Crippen molar-refractivity contribution >= 4 is 34.8 Å². The normalized spacial score (nSPS) is 15.1. The van der Waals surface area contributed by atoms with E-state index in [1.807, 2.05) is 6.07 Å². The van der Waals surface area contributed by atoms with Gasteiger partial charge in [-0.3, -0.25) is 19.1 Å². The molecule has 1 aliphatic rings. The Morgan fingerprint density at radius 2 is 2.03 bits per heavy atom. The van der Waals surface area contributed by atoms with Crippen LogP contribution in [0.15, 0.2) is 28.8 Å². The number of carbonyl (C=O) groups is 2. The molecule has 2 amide bonds. The van der Waals surface area contributed by atoms with Gasteiger partial charge in [0, 0.05) is 37.3 Å². The van der Waals surface area contributed by atoms with Crippen molar-refractivity contribution in [2.24, 2.45) is 0 Å². The molecule has 0 spiro atoms.